The second kappa shape index (κ2) is 4.69. The average Bonchev–Trinajstić information content (AvgIpc) is 2.95. The van der Waals surface area contributed by atoms with Crippen LogP contribution < -0.4 is 4.74 Å². The number of alkyl halides is 1. The zero-order valence-corrected chi connectivity index (χ0v) is 11.5. The molecule has 0 aliphatic carbocycles. The van der Waals surface area contributed by atoms with E-state index in [1.807, 2.05) is 6.07 Å². The van der Waals surface area contributed by atoms with Gasteiger partial charge >= 0.3 is 0 Å². The number of hydrogen-bond donors (Lipinski definition) is 0. The molecule has 0 saturated carbocycles. The van der Waals surface area contributed by atoms with Crippen molar-refractivity contribution < 1.29 is 9.15 Å². The maximum atomic E-state index is 6.41. The lowest BCUT2D eigenvalue weighted by molar-refractivity contribution is 0.353. The normalized spacial score (nSPS) is 15.3. The van der Waals surface area contributed by atoms with Gasteiger partial charge in [-0.2, -0.15) is 0 Å². The van der Waals surface area contributed by atoms with Crippen LogP contribution in [-0.4, -0.2) is 6.61 Å². The molecule has 0 saturated heterocycles. The van der Waals surface area contributed by atoms with Crippen molar-refractivity contribution in [2.45, 2.75) is 11.8 Å². The van der Waals surface area contributed by atoms with Crippen molar-refractivity contribution in [1.29, 1.82) is 0 Å². The Bertz CT molecular complexity index is 592. The fraction of sp³-hybridized carbons (Fsp3) is 0.231. The van der Waals surface area contributed by atoms with Crippen LogP contribution >= 0.6 is 34.8 Å². The summed E-state index contributed by atoms with van der Waals surface area (Å²) in [4.78, 5) is 0. The first-order valence-electron chi connectivity index (χ1n) is 5.49. The number of fused-ring (bicyclic) bond motifs is 1. The lowest BCUT2D eigenvalue weighted by atomic mass is 10.0. The number of ether oxygens (including phenoxy) is 1. The zero-order valence-electron chi connectivity index (χ0n) is 9.25. The van der Waals surface area contributed by atoms with E-state index in [2.05, 4.69) is 0 Å². The summed E-state index contributed by atoms with van der Waals surface area (Å²) < 4.78 is 11.0. The van der Waals surface area contributed by atoms with E-state index in [4.69, 9.17) is 44.0 Å². The number of halogens is 3. The van der Waals surface area contributed by atoms with Gasteiger partial charge < -0.3 is 9.15 Å². The Morgan fingerprint density at radius 2 is 2.00 bits per heavy atom. The van der Waals surface area contributed by atoms with Gasteiger partial charge in [-0.3, -0.25) is 0 Å². The Kier molecular flexibility index (Phi) is 3.18. The van der Waals surface area contributed by atoms with E-state index in [1.54, 1.807) is 18.2 Å². The number of furan rings is 1. The molecule has 1 atom stereocenters. The second-order valence-electron chi connectivity index (χ2n) is 4.09. The highest BCUT2D eigenvalue weighted by Crippen LogP contribution is 2.42. The van der Waals surface area contributed by atoms with Crippen molar-refractivity contribution in [1.82, 2.24) is 0 Å². The molecule has 3 rings (SSSR count). The molecule has 1 aromatic carbocycles. The van der Waals surface area contributed by atoms with Gasteiger partial charge in [0.25, 0.3) is 0 Å². The third-order valence-electron chi connectivity index (χ3n) is 2.89. The largest absolute Gasteiger partial charge is 0.493 e. The van der Waals surface area contributed by atoms with E-state index in [9.17, 15) is 0 Å². The van der Waals surface area contributed by atoms with Crippen LogP contribution in [0.15, 0.2) is 28.7 Å². The maximum absolute atomic E-state index is 6.41. The summed E-state index contributed by atoms with van der Waals surface area (Å²) in [6, 6.07) is 7.13. The minimum atomic E-state index is -0.456. The summed E-state index contributed by atoms with van der Waals surface area (Å²) in [6.07, 6.45) is 0.853. The fourth-order valence-corrected chi connectivity index (χ4v) is 2.78. The predicted octanol–water partition coefficient (Wildman–Crippen LogP) is 4.85. The van der Waals surface area contributed by atoms with Crippen molar-refractivity contribution in [2.75, 3.05) is 6.61 Å². The van der Waals surface area contributed by atoms with E-state index in [0.717, 1.165) is 23.3 Å². The maximum Gasteiger partial charge on any atom is 0.193 e. The van der Waals surface area contributed by atoms with E-state index in [1.165, 1.54) is 0 Å². The summed E-state index contributed by atoms with van der Waals surface area (Å²) >= 11 is 18.3. The molecule has 2 nitrogen and oxygen atoms in total. The third kappa shape index (κ3) is 2.09. The first kappa shape index (κ1) is 12.2. The molecule has 0 radical (unpaired) electrons. The molecule has 5 heteroatoms. The van der Waals surface area contributed by atoms with Crippen molar-refractivity contribution in [3.05, 3.63) is 51.4 Å². The summed E-state index contributed by atoms with van der Waals surface area (Å²) in [5, 5.41) is 0.510. The summed E-state index contributed by atoms with van der Waals surface area (Å²) in [7, 11) is 0. The molecule has 1 aliphatic heterocycles. The van der Waals surface area contributed by atoms with Crippen molar-refractivity contribution >= 4 is 34.8 Å². The highest BCUT2D eigenvalue weighted by Gasteiger charge is 2.25. The van der Waals surface area contributed by atoms with Crippen molar-refractivity contribution in [3.63, 3.8) is 0 Å². The van der Waals surface area contributed by atoms with Crippen LogP contribution in [0.25, 0.3) is 0 Å². The number of rotatable bonds is 2. The van der Waals surface area contributed by atoms with E-state index >= 15 is 0 Å². The minimum Gasteiger partial charge on any atom is -0.493 e. The molecule has 0 bridgehead atoms. The lowest BCUT2D eigenvalue weighted by Gasteiger charge is -2.12. The van der Waals surface area contributed by atoms with Crippen LogP contribution in [0.2, 0.25) is 10.2 Å². The van der Waals surface area contributed by atoms with Gasteiger partial charge in [0.15, 0.2) is 5.22 Å². The van der Waals surface area contributed by atoms with Gasteiger partial charge in [0, 0.05) is 17.0 Å². The topological polar surface area (TPSA) is 22.4 Å². The molecule has 0 amide bonds. The van der Waals surface area contributed by atoms with Gasteiger partial charge in [-0.15, -0.1) is 11.6 Å². The molecule has 0 fully saturated rings. The Labute approximate surface area is 119 Å². The molecular formula is C13H9Cl3O2. The monoisotopic (exact) mass is 302 g/mol. The highest BCUT2D eigenvalue weighted by molar-refractivity contribution is 6.31. The molecule has 1 aliphatic rings. The highest BCUT2D eigenvalue weighted by atomic mass is 35.5. The van der Waals surface area contributed by atoms with Crippen LogP contribution in [0.1, 0.15) is 22.3 Å². The van der Waals surface area contributed by atoms with Crippen molar-refractivity contribution in [3.8, 4) is 5.75 Å². The minimum absolute atomic E-state index is 0.315. The molecular weight excluding hydrogens is 294 g/mol. The van der Waals surface area contributed by atoms with E-state index in [-0.39, 0.29) is 0 Å². The fourth-order valence-electron chi connectivity index (χ4n) is 2.10. The average molecular weight is 304 g/mol. The number of hydrogen-bond acceptors (Lipinski definition) is 2. The van der Waals surface area contributed by atoms with E-state index in [0.29, 0.717) is 22.6 Å². The Balaban J connectivity index is 2.06. The van der Waals surface area contributed by atoms with Gasteiger partial charge in [-0.05, 0) is 41.4 Å². The predicted molar refractivity (Wildman–Crippen MR) is 72.1 cm³/mol. The number of benzene rings is 1. The zero-order chi connectivity index (χ0) is 12.7. The van der Waals surface area contributed by atoms with Crippen molar-refractivity contribution in [2.24, 2.45) is 0 Å². The van der Waals surface area contributed by atoms with Gasteiger partial charge in [0.05, 0.1) is 6.61 Å². The molecule has 2 aromatic rings. The van der Waals surface area contributed by atoms with Crippen LogP contribution in [0.4, 0.5) is 0 Å². The van der Waals surface area contributed by atoms with Gasteiger partial charge in [-0.1, -0.05) is 11.6 Å². The van der Waals surface area contributed by atoms with Crippen LogP contribution in [0.3, 0.4) is 0 Å². The van der Waals surface area contributed by atoms with Crippen LogP contribution in [0.5, 0.6) is 5.75 Å². The Morgan fingerprint density at radius 3 is 2.72 bits per heavy atom. The Morgan fingerprint density at radius 1 is 1.17 bits per heavy atom. The van der Waals surface area contributed by atoms with Gasteiger partial charge in [0.2, 0.25) is 0 Å². The summed E-state index contributed by atoms with van der Waals surface area (Å²) in [5.41, 5.74) is 1.91. The summed E-state index contributed by atoms with van der Waals surface area (Å²) in [5.74, 6) is 1.40. The molecule has 94 valence electrons. The van der Waals surface area contributed by atoms with Crippen LogP contribution in [0, 0.1) is 0 Å². The molecule has 0 spiro atoms. The first-order valence-corrected chi connectivity index (χ1v) is 6.69. The summed E-state index contributed by atoms with van der Waals surface area (Å²) in [6.45, 7) is 0.658. The van der Waals surface area contributed by atoms with Gasteiger partial charge in [-0.25, -0.2) is 0 Å². The first-order chi connectivity index (χ1) is 8.65. The smallest absolute Gasteiger partial charge is 0.193 e. The molecule has 2 heterocycles. The quantitative estimate of drug-likeness (QED) is 0.740. The lowest BCUT2D eigenvalue weighted by Crippen LogP contribution is -1.96. The van der Waals surface area contributed by atoms with Crippen LogP contribution in [-0.2, 0) is 6.42 Å². The molecule has 1 unspecified atom stereocenters. The Hall–Kier alpha value is -0.830. The standard InChI is InChI=1S/C13H9Cl3O2/c14-8-5-7-3-4-17-13(7)9(6-8)12(16)10-1-2-11(15)18-10/h1-2,5-6,12H,3-4H2. The SMILES string of the molecule is Clc1cc2c(c(C(Cl)c3ccc(Cl)o3)c1)OCC2. The molecule has 18 heavy (non-hydrogen) atoms. The molecule has 1 aromatic heterocycles. The third-order valence-corrected chi connectivity index (χ3v) is 3.77. The van der Waals surface area contributed by atoms with E-state index < -0.39 is 5.38 Å². The second-order valence-corrected chi connectivity index (χ2v) is 5.33. The molecule has 0 N–H and O–H groups in total. The van der Waals surface area contributed by atoms with Gasteiger partial charge in [0.1, 0.15) is 16.9 Å².